The summed E-state index contributed by atoms with van der Waals surface area (Å²) >= 11 is 0. The van der Waals surface area contributed by atoms with Crippen LogP contribution in [-0.4, -0.2) is 6.04 Å². The summed E-state index contributed by atoms with van der Waals surface area (Å²) in [4.78, 5) is 0. The summed E-state index contributed by atoms with van der Waals surface area (Å²) in [5.74, 6) is 0.805. The van der Waals surface area contributed by atoms with E-state index in [1.165, 1.54) is 37.8 Å². The van der Waals surface area contributed by atoms with Gasteiger partial charge >= 0.3 is 0 Å². The van der Waals surface area contributed by atoms with E-state index in [4.69, 9.17) is 5.26 Å². The fourth-order valence-electron chi connectivity index (χ4n) is 3.06. The van der Waals surface area contributed by atoms with Crippen molar-refractivity contribution in [3.63, 3.8) is 0 Å². The molecule has 2 rings (SSSR count). The van der Waals surface area contributed by atoms with Crippen molar-refractivity contribution in [1.82, 2.24) is 0 Å². The predicted octanol–water partition coefficient (Wildman–Crippen LogP) is 4.87. The molecule has 1 aromatic rings. The molecular formula is C18H26N2. The van der Waals surface area contributed by atoms with Gasteiger partial charge in [-0.3, -0.25) is 0 Å². The molecule has 1 unspecified atom stereocenters. The Morgan fingerprint density at radius 2 is 1.75 bits per heavy atom. The lowest BCUT2D eigenvalue weighted by Crippen LogP contribution is -2.27. The van der Waals surface area contributed by atoms with Crippen molar-refractivity contribution in [3.8, 4) is 6.07 Å². The van der Waals surface area contributed by atoms with Gasteiger partial charge in [0.25, 0.3) is 0 Å². The number of hydrogen-bond donors (Lipinski definition) is 1. The van der Waals surface area contributed by atoms with E-state index < -0.39 is 5.41 Å². The van der Waals surface area contributed by atoms with E-state index in [-0.39, 0.29) is 0 Å². The van der Waals surface area contributed by atoms with Crippen molar-refractivity contribution < 1.29 is 0 Å². The minimum absolute atomic E-state index is 0.409. The van der Waals surface area contributed by atoms with Crippen molar-refractivity contribution in [2.75, 3.05) is 5.32 Å². The van der Waals surface area contributed by atoms with Crippen LogP contribution in [0.1, 0.15) is 58.4 Å². The van der Waals surface area contributed by atoms with Crippen LogP contribution in [0.15, 0.2) is 24.3 Å². The lowest BCUT2D eigenvalue weighted by Gasteiger charge is -2.29. The second-order valence-corrected chi connectivity index (χ2v) is 6.65. The molecule has 0 aromatic heterocycles. The van der Waals surface area contributed by atoms with Gasteiger partial charge < -0.3 is 5.32 Å². The third kappa shape index (κ3) is 3.54. The molecule has 108 valence electrons. The number of anilines is 1. The lowest BCUT2D eigenvalue weighted by atomic mass is 9.84. The fraction of sp³-hybridized carbons (Fsp3) is 0.611. The zero-order chi connectivity index (χ0) is 14.6. The first kappa shape index (κ1) is 14.9. The normalized spacial score (nSPS) is 18.3. The lowest BCUT2D eigenvalue weighted by molar-refractivity contribution is 0.328. The van der Waals surface area contributed by atoms with Crippen LogP contribution in [0, 0.1) is 17.2 Å². The molecule has 0 saturated heterocycles. The summed E-state index contributed by atoms with van der Waals surface area (Å²) in [6.07, 6.45) is 6.88. The molecule has 1 saturated carbocycles. The Bertz CT molecular complexity index is 461. The third-order valence-corrected chi connectivity index (χ3v) is 4.64. The van der Waals surface area contributed by atoms with E-state index in [0.29, 0.717) is 6.04 Å². The molecule has 0 bridgehead atoms. The quantitative estimate of drug-likeness (QED) is 0.847. The summed E-state index contributed by atoms with van der Waals surface area (Å²) < 4.78 is 0. The number of rotatable bonds is 4. The van der Waals surface area contributed by atoms with Crippen LogP contribution in [0.5, 0.6) is 0 Å². The number of nitrogens with one attached hydrogen (secondary N) is 1. The number of nitriles is 1. The molecule has 1 aromatic carbocycles. The van der Waals surface area contributed by atoms with Crippen molar-refractivity contribution in [2.24, 2.45) is 5.92 Å². The second-order valence-electron chi connectivity index (χ2n) is 6.65. The summed E-state index contributed by atoms with van der Waals surface area (Å²) in [7, 11) is 0. The van der Waals surface area contributed by atoms with Gasteiger partial charge in [0.05, 0.1) is 11.5 Å². The molecule has 0 aliphatic heterocycles. The highest BCUT2D eigenvalue weighted by molar-refractivity contribution is 5.47. The van der Waals surface area contributed by atoms with E-state index in [1.807, 2.05) is 13.8 Å². The molecule has 0 radical (unpaired) electrons. The molecule has 2 heteroatoms. The van der Waals surface area contributed by atoms with Gasteiger partial charge in [-0.25, -0.2) is 0 Å². The monoisotopic (exact) mass is 270 g/mol. The smallest absolute Gasteiger partial charge is 0.0766 e. The highest BCUT2D eigenvalue weighted by Crippen LogP contribution is 2.29. The van der Waals surface area contributed by atoms with Crippen molar-refractivity contribution in [3.05, 3.63) is 29.8 Å². The first-order valence-corrected chi connectivity index (χ1v) is 7.81. The molecule has 1 aliphatic rings. The van der Waals surface area contributed by atoms with Crippen molar-refractivity contribution in [2.45, 2.75) is 64.3 Å². The molecule has 0 amide bonds. The van der Waals surface area contributed by atoms with E-state index in [0.717, 1.165) is 11.5 Å². The van der Waals surface area contributed by atoms with E-state index >= 15 is 0 Å². The summed E-state index contributed by atoms with van der Waals surface area (Å²) in [5.41, 5.74) is 1.84. The molecule has 0 spiro atoms. The molecule has 20 heavy (non-hydrogen) atoms. The van der Waals surface area contributed by atoms with Crippen LogP contribution in [0.25, 0.3) is 0 Å². The van der Waals surface area contributed by atoms with Gasteiger partial charge in [0.1, 0.15) is 0 Å². The van der Waals surface area contributed by atoms with Gasteiger partial charge in [-0.1, -0.05) is 31.4 Å². The van der Waals surface area contributed by atoms with Crippen LogP contribution in [0.3, 0.4) is 0 Å². The van der Waals surface area contributed by atoms with E-state index in [2.05, 4.69) is 42.6 Å². The topological polar surface area (TPSA) is 35.8 Å². The zero-order valence-corrected chi connectivity index (χ0v) is 12.9. The minimum atomic E-state index is -0.409. The number of hydrogen-bond acceptors (Lipinski definition) is 2. The van der Waals surface area contributed by atoms with E-state index in [9.17, 15) is 0 Å². The Morgan fingerprint density at radius 3 is 2.30 bits per heavy atom. The molecule has 1 N–H and O–H groups in total. The molecular weight excluding hydrogens is 244 g/mol. The first-order valence-electron chi connectivity index (χ1n) is 7.81. The average Bonchev–Trinajstić information content (AvgIpc) is 2.48. The molecule has 1 atom stereocenters. The Kier molecular flexibility index (Phi) is 4.70. The summed E-state index contributed by atoms with van der Waals surface area (Å²) in [5, 5.41) is 12.8. The van der Waals surface area contributed by atoms with Gasteiger partial charge in [0, 0.05) is 11.7 Å². The SMILES string of the molecule is CC(Nc1ccc(C(C)(C)C#N)cc1)C1CCCCC1. The zero-order valence-electron chi connectivity index (χ0n) is 12.9. The van der Waals surface area contributed by atoms with Crippen molar-refractivity contribution >= 4 is 5.69 Å². The largest absolute Gasteiger partial charge is 0.382 e. The maximum atomic E-state index is 9.17. The van der Waals surface area contributed by atoms with Crippen LogP contribution < -0.4 is 5.32 Å². The Labute approximate surface area is 123 Å². The first-order chi connectivity index (χ1) is 9.53. The molecule has 1 fully saturated rings. The minimum Gasteiger partial charge on any atom is -0.382 e. The van der Waals surface area contributed by atoms with Crippen LogP contribution in [0.2, 0.25) is 0 Å². The summed E-state index contributed by atoms with van der Waals surface area (Å²) in [6, 6.07) is 11.2. The van der Waals surface area contributed by atoms with Crippen LogP contribution >= 0.6 is 0 Å². The number of nitrogens with zero attached hydrogens (tertiary/aromatic N) is 1. The van der Waals surface area contributed by atoms with Crippen LogP contribution in [-0.2, 0) is 5.41 Å². The Morgan fingerprint density at radius 1 is 1.15 bits per heavy atom. The van der Waals surface area contributed by atoms with Crippen LogP contribution in [0.4, 0.5) is 5.69 Å². The van der Waals surface area contributed by atoms with Gasteiger partial charge in [-0.15, -0.1) is 0 Å². The van der Waals surface area contributed by atoms with Crippen molar-refractivity contribution in [1.29, 1.82) is 5.26 Å². The van der Waals surface area contributed by atoms with Gasteiger partial charge in [0.15, 0.2) is 0 Å². The number of benzene rings is 1. The Balaban J connectivity index is 1.98. The highest BCUT2D eigenvalue weighted by atomic mass is 14.9. The predicted molar refractivity (Wildman–Crippen MR) is 84.7 cm³/mol. The third-order valence-electron chi connectivity index (χ3n) is 4.64. The molecule has 1 aliphatic carbocycles. The molecule has 0 heterocycles. The standard InChI is InChI=1S/C18H26N2/c1-14(15-7-5-4-6-8-15)20-17-11-9-16(10-12-17)18(2,3)13-19/h9-12,14-15,20H,4-8H2,1-3H3. The maximum Gasteiger partial charge on any atom is 0.0766 e. The van der Waals surface area contributed by atoms with Gasteiger partial charge in [0.2, 0.25) is 0 Å². The second kappa shape index (κ2) is 6.31. The summed E-state index contributed by atoms with van der Waals surface area (Å²) in [6.45, 7) is 6.21. The molecule has 2 nitrogen and oxygen atoms in total. The van der Waals surface area contributed by atoms with Gasteiger partial charge in [-0.05, 0) is 57.2 Å². The van der Waals surface area contributed by atoms with E-state index in [1.54, 1.807) is 0 Å². The maximum absolute atomic E-state index is 9.17. The average molecular weight is 270 g/mol. The van der Waals surface area contributed by atoms with Gasteiger partial charge in [-0.2, -0.15) is 5.26 Å². The fourth-order valence-corrected chi connectivity index (χ4v) is 3.06. The Hall–Kier alpha value is -1.49. The highest BCUT2D eigenvalue weighted by Gasteiger charge is 2.21.